The Balaban J connectivity index is 0.000000166. The molecule has 20 nitrogen and oxygen atoms in total. The van der Waals surface area contributed by atoms with E-state index in [4.69, 9.17) is 33.4 Å². The number of Topliss-reactive ketones (excluding diaryl/α,β-unsaturated/α-hetero) is 1. The van der Waals surface area contributed by atoms with Crippen molar-refractivity contribution >= 4 is 102 Å². The fourth-order valence-corrected chi connectivity index (χ4v) is 10.8. The molecule has 6 aromatic carbocycles. The topological polar surface area (TPSA) is 310 Å². The van der Waals surface area contributed by atoms with Crippen molar-refractivity contribution < 1.29 is 21.6 Å². The molecule has 0 aliphatic heterocycles. The number of sulfonamides is 1. The molecule has 0 atom stereocenters. The molecule has 9 N–H and O–H groups in total. The Labute approximate surface area is 534 Å². The van der Waals surface area contributed by atoms with Crippen LogP contribution >= 0.6 is 10.7 Å². The molecule has 91 heavy (non-hydrogen) atoms. The summed E-state index contributed by atoms with van der Waals surface area (Å²) in [5, 5.41) is 20.7. The van der Waals surface area contributed by atoms with Gasteiger partial charge in [-0.1, -0.05) is 90.1 Å². The van der Waals surface area contributed by atoms with Crippen LogP contribution in [-0.2, 0) is 34.7 Å². The molecule has 12 rings (SSSR count). The van der Waals surface area contributed by atoms with Gasteiger partial charge in [0.15, 0.2) is 0 Å². The maximum atomic E-state index is 13.1. The minimum atomic E-state index is -3.77. The fraction of sp³-hybridized carbons (Fsp3) is 0.176. The number of halogens is 1. The van der Waals surface area contributed by atoms with Crippen LogP contribution in [-0.4, -0.2) is 62.1 Å². The van der Waals surface area contributed by atoms with E-state index in [2.05, 4.69) is 87.2 Å². The number of ketones is 1. The van der Waals surface area contributed by atoms with Crippen molar-refractivity contribution in [2.75, 3.05) is 21.3 Å². The number of nitrogens with two attached hydrogens (primary N) is 3. The van der Waals surface area contributed by atoms with E-state index in [9.17, 15) is 21.6 Å². The number of rotatable bonds is 9. The van der Waals surface area contributed by atoms with Crippen LogP contribution in [0.5, 0.6) is 0 Å². The molecule has 0 saturated carbocycles. The third-order valence-corrected chi connectivity index (χ3v) is 16.3. The van der Waals surface area contributed by atoms with E-state index in [1.165, 1.54) is 19.1 Å². The lowest BCUT2D eigenvalue weighted by atomic mass is 9.87. The van der Waals surface area contributed by atoms with E-state index in [0.717, 1.165) is 83.2 Å². The SMILES string of the molecule is CC(=O)CC#N.CC(C)(C)c1ccc(S(=O)(=O)Cl)cc1.Cc1cc(N)n(-c2cccc3ncccc23)n1.Cc1cc(NS(=O)(=O)c2ccc(C(C)(C)C)cc2)n(-c2cccc3ncccc23)n1.NNc1cccc2ncccc12.NNc1cccc2ncccc12. The highest BCUT2D eigenvalue weighted by molar-refractivity contribution is 8.13. The molecule has 0 fully saturated rings. The highest BCUT2D eigenvalue weighted by atomic mass is 35.7. The summed E-state index contributed by atoms with van der Waals surface area (Å²) < 4.78 is 54.1. The standard InChI is InChI=1S/C23H24N4O2S.C13H12N4.C10H13ClO2S.2C9H9N3.C4H5NO/c1-16-15-22(26-30(28,29)18-12-10-17(11-13-18)23(2,3)4)27(25-16)21-9-5-8-20-19(21)7-6-14-24-20;1-9-8-13(14)17(16-9)12-6-2-5-11-10(12)4-3-7-15-11;1-10(2,3)8-4-6-9(7-5-8)14(11,12)13;2*10-12-9-5-1-4-8-7(9)3-2-6-11-8;1-4(6)2-3-5/h5-15,26H,1-4H3;2-8H,14H2,1H3;4-7H,1-3H3;2*1-6,12H,10H2;2H2,1H3. The van der Waals surface area contributed by atoms with Crippen molar-refractivity contribution in [3.8, 4) is 17.4 Å². The molecule has 23 heteroatoms. The van der Waals surface area contributed by atoms with Crippen molar-refractivity contribution in [2.24, 2.45) is 11.7 Å². The van der Waals surface area contributed by atoms with Gasteiger partial charge >= 0.3 is 0 Å². The second-order valence-electron chi connectivity index (χ2n) is 22.6. The Kier molecular flexibility index (Phi) is 22.8. The van der Waals surface area contributed by atoms with Gasteiger partial charge in [0.25, 0.3) is 19.1 Å². The third kappa shape index (κ3) is 18.5. The second-order valence-corrected chi connectivity index (χ2v) is 26.8. The number of aromatic nitrogens is 8. The van der Waals surface area contributed by atoms with Crippen molar-refractivity contribution in [1.82, 2.24) is 39.5 Å². The zero-order chi connectivity index (χ0) is 66.1. The lowest BCUT2D eigenvalue weighted by Gasteiger charge is -2.19. The monoisotopic (exact) mass is 1280 g/mol. The number of fused-ring (bicyclic) bond motifs is 4. The summed E-state index contributed by atoms with van der Waals surface area (Å²) in [5.41, 5.74) is 22.1. The number of nitrogens with one attached hydrogen (secondary N) is 3. The first-order valence-corrected chi connectivity index (χ1v) is 32.2. The van der Waals surface area contributed by atoms with Gasteiger partial charge in [0.2, 0.25) is 0 Å². The number of carbonyl (C=O) groups is 1. The van der Waals surface area contributed by atoms with Gasteiger partial charge in [-0.15, -0.1) is 0 Å². The molecule has 0 saturated heterocycles. The van der Waals surface area contributed by atoms with E-state index >= 15 is 0 Å². The normalized spacial score (nSPS) is 11.2. The quantitative estimate of drug-likeness (QED) is 0.0444. The van der Waals surface area contributed by atoms with Gasteiger partial charge in [0, 0.05) is 69.1 Å². The van der Waals surface area contributed by atoms with Crippen molar-refractivity contribution in [2.45, 2.75) is 89.4 Å². The number of nitrogens with zero attached hydrogens (tertiary/aromatic N) is 9. The maximum absolute atomic E-state index is 13.1. The Morgan fingerprint density at radius 1 is 0.527 bits per heavy atom. The molecule has 0 spiro atoms. The number of benzene rings is 6. The molecule has 6 aromatic heterocycles. The van der Waals surface area contributed by atoms with Crippen molar-refractivity contribution in [3.05, 3.63) is 229 Å². The maximum Gasteiger partial charge on any atom is 0.263 e. The van der Waals surface area contributed by atoms with Crippen molar-refractivity contribution in [3.63, 3.8) is 0 Å². The number of nitrogen functional groups attached to an aromatic ring is 3. The van der Waals surface area contributed by atoms with Crippen LogP contribution in [0.15, 0.2) is 217 Å². The Bertz CT molecular complexity index is 4630. The summed E-state index contributed by atoms with van der Waals surface area (Å²) in [6.45, 7) is 17.6. The number of carbonyl (C=O) groups excluding carboxylic acids is 1. The van der Waals surface area contributed by atoms with E-state index in [1.807, 2.05) is 153 Å². The first kappa shape index (κ1) is 68.3. The average molecular weight is 1280 g/mol. The van der Waals surface area contributed by atoms with Gasteiger partial charge in [-0.3, -0.25) is 41.1 Å². The van der Waals surface area contributed by atoms with Gasteiger partial charge in [0.1, 0.15) is 17.4 Å². The molecule has 0 bridgehead atoms. The van der Waals surface area contributed by atoms with E-state index in [0.29, 0.717) is 17.3 Å². The lowest BCUT2D eigenvalue weighted by molar-refractivity contribution is -0.116. The van der Waals surface area contributed by atoms with E-state index < -0.39 is 19.1 Å². The number of hydrogen-bond donors (Lipinski definition) is 6. The summed E-state index contributed by atoms with van der Waals surface area (Å²) in [6.07, 6.45) is 7.08. The number of nitriles is 1. The highest BCUT2D eigenvalue weighted by Gasteiger charge is 2.21. The third-order valence-electron chi connectivity index (χ3n) is 13.6. The first-order valence-electron chi connectivity index (χ1n) is 28.4. The van der Waals surface area contributed by atoms with Crippen LogP contribution in [0.2, 0.25) is 0 Å². The Morgan fingerprint density at radius 2 is 0.901 bits per heavy atom. The highest BCUT2D eigenvalue weighted by Crippen LogP contribution is 2.30. The molecule has 6 heterocycles. The molecule has 0 aliphatic rings. The first-order chi connectivity index (χ1) is 43.2. The van der Waals surface area contributed by atoms with Gasteiger partial charge in [-0.05, 0) is 164 Å². The summed E-state index contributed by atoms with van der Waals surface area (Å²) in [6, 6.07) is 57.6. The van der Waals surface area contributed by atoms with E-state index in [-0.39, 0.29) is 32.8 Å². The lowest BCUT2D eigenvalue weighted by Crippen LogP contribution is -2.17. The minimum absolute atomic E-state index is 0.0224. The second kappa shape index (κ2) is 30.4. The van der Waals surface area contributed by atoms with Crippen LogP contribution in [0.25, 0.3) is 55.0 Å². The number of pyridine rings is 4. The number of hydrogen-bond acceptors (Lipinski definition) is 17. The molecule has 0 amide bonds. The molecule has 12 aromatic rings. The van der Waals surface area contributed by atoms with Crippen molar-refractivity contribution in [1.29, 1.82) is 5.26 Å². The molecular weight excluding hydrogens is 1210 g/mol. The molecule has 0 radical (unpaired) electrons. The largest absolute Gasteiger partial charge is 0.384 e. The Morgan fingerprint density at radius 3 is 1.26 bits per heavy atom. The van der Waals surface area contributed by atoms with Crippen LogP contribution < -0.4 is 33.0 Å². The van der Waals surface area contributed by atoms with E-state index in [1.54, 1.807) is 70.6 Å². The van der Waals surface area contributed by atoms with Gasteiger partial charge in [-0.2, -0.15) is 15.5 Å². The molecule has 0 aliphatic carbocycles. The Hall–Kier alpha value is -10.2. The zero-order valence-corrected chi connectivity index (χ0v) is 54.2. The average Bonchev–Trinajstić information content (AvgIpc) is 1.84. The van der Waals surface area contributed by atoms with Gasteiger partial charge < -0.3 is 16.6 Å². The number of aryl methyl sites for hydroxylation is 2. The number of hydrazine groups is 2. The summed E-state index contributed by atoms with van der Waals surface area (Å²) >= 11 is 0. The minimum Gasteiger partial charge on any atom is -0.384 e. The van der Waals surface area contributed by atoms with Crippen LogP contribution in [0.3, 0.4) is 0 Å². The summed E-state index contributed by atoms with van der Waals surface area (Å²) in [4.78, 5) is 27.3. The predicted molar refractivity (Wildman–Crippen MR) is 366 cm³/mol. The zero-order valence-electron chi connectivity index (χ0n) is 51.8. The smallest absolute Gasteiger partial charge is 0.263 e. The number of anilines is 4. The molecule has 468 valence electrons. The molecule has 0 unspecified atom stereocenters. The van der Waals surface area contributed by atoms with Gasteiger partial charge in [0.05, 0.1) is 78.5 Å². The van der Waals surface area contributed by atoms with Gasteiger partial charge in [-0.25, -0.2) is 26.2 Å². The fourth-order valence-electron chi connectivity index (χ4n) is 9.03. The summed E-state index contributed by atoms with van der Waals surface area (Å²) in [5.74, 6) is 11.6. The molecular formula is C68H72ClN15O5S2. The van der Waals surface area contributed by atoms with Crippen LogP contribution in [0, 0.1) is 25.2 Å². The van der Waals surface area contributed by atoms with Crippen LogP contribution in [0.1, 0.15) is 77.4 Å². The summed E-state index contributed by atoms with van der Waals surface area (Å²) in [7, 11) is -2.17. The van der Waals surface area contributed by atoms with Crippen LogP contribution in [0.4, 0.5) is 23.0 Å². The predicted octanol–water partition coefficient (Wildman–Crippen LogP) is 13.6.